The number of anilines is 1. The summed E-state index contributed by atoms with van der Waals surface area (Å²) in [5.41, 5.74) is 2.24. The first kappa shape index (κ1) is 15.4. The van der Waals surface area contributed by atoms with Crippen molar-refractivity contribution in [1.29, 1.82) is 0 Å². The lowest BCUT2D eigenvalue weighted by molar-refractivity contribution is 0.0676. The van der Waals surface area contributed by atoms with Crippen LogP contribution in [0.25, 0.3) is 11.3 Å². The van der Waals surface area contributed by atoms with Crippen LogP contribution in [0.1, 0.15) is 29.2 Å². The van der Waals surface area contributed by atoms with E-state index in [0.29, 0.717) is 23.6 Å². The average Bonchev–Trinajstić information content (AvgIpc) is 3.12. The fourth-order valence-corrected chi connectivity index (χ4v) is 3.11. The minimum atomic E-state index is -0.374. The Morgan fingerprint density at radius 3 is 2.60 bits per heavy atom. The molecule has 5 heteroatoms. The molecular weight excluding hydrogens is 319 g/mol. The van der Waals surface area contributed by atoms with Crippen molar-refractivity contribution < 1.29 is 13.6 Å². The Hall–Kier alpha value is -3.08. The molecule has 126 valence electrons. The van der Waals surface area contributed by atoms with Crippen LogP contribution < -0.4 is 5.32 Å². The molecule has 0 unspecified atom stereocenters. The number of furan rings is 1. The third-order valence-corrected chi connectivity index (χ3v) is 4.39. The summed E-state index contributed by atoms with van der Waals surface area (Å²) in [5.74, 6) is 0.966. The lowest BCUT2D eigenvalue weighted by atomic mass is 10.1. The van der Waals surface area contributed by atoms with Gasteiger partial charge in [-0.15, -0.1) is 0 Å². The summed E-state index contributed by atoms with van der Waals surface area (Å²) in [6.07, 6.45) is -0.374. The highest BCUT2D eigenvalue weighted by atomic mass is 19.1. The maximum Gasteiger partial charge on any atom is 0.257 e. The topological polar surface area (TPSA) is 45.5 Å². The number of nitrogens with one attached hydrogen (secondary N) is 1. The van der Waals surface area contributed by atoms with Gasteiger partial charge in [-0.05, 0) is 55.5 Å². The quantitative estimate of drug-likeness (QED) is 0.756. The first-order valence-corrected chi connectivity index (χ1v) is 8.19. The van der Waals surface area contributed by atoms with E-state index in [9.17, 15) is 9.18 Å². The number of nitrogens with zero attached hydrogens (tertiary/aromatic N) is 1. The predicted molar refractivity (Wildman–Crippen MR) is 93.6 cm³/mol. The zero-order valence-electron chi connectivity index (χ0n) is 13.7. The van der Waals surface area contributed by atoms with E-state index in [1.807, 2.05) is 43.3 Å². The second-order valence-electron chi connectivity index (χ2n) is 5.89. The summed E-state index contributed by atoms with van der Waals surface area (Å²) >= 11 is 0. The van der Waals surface area contributed by atoms with Gasteiger partial charge in [-0.25, -0.2) is 4.39 Å². The Labute approximate surface area is 144 Å². The number of hydrogen-bond donors (Lipinski definition) is 1. The predicted octanol–water partition coefficient (Wildman–Crippen LogP) is 4.67. The third-order valence-electron chi connectivity index (χ3n) is 4.39. The molecule has 0 fully saturated rings. The summed E-state index contributed by atoms with van der Waals surface area (Å²) in [6, 6.07) is 17.3. The molecule has 25 heavy (non-hydrogen) atoms. The number of carbonyl (C=O) groups excluding carboxylic acids is 1. The van der Waals surface area contributed by atoms with Gasteiger partial charge in [0.2, 0.25) is 0 Å². The van der Waals surface area contributed by atoms with Crippen LogP contribution in [-0.2, 0) is 0 Å². The molecule has 1 aromatic heterocycles. The Bertz CT molecular complexity index is 917. The summed E-state index contributed by atoms with van der Waals surface area (Å²) in [7, 11) is 0. The van der Waals surface area contributed by atoms with E-state index in [0.717, 1.165) is 11.3 Å². The molecule has 0 spiro atoms. The molecule has 2 aromatic carbocycles. The van der Waals surface area contributed by atoms with E-state index in [1.165, 1.54) is 12.1 Å². The van der Waals surface area contributed by atoms with E-state index in [1.54, 1.807) is 17.0 Å². The van der Waals surface area contributed by atoms with Crippen molar-refractivity contribution in [2.75, 3.05) is 11.9 Å². The number of fused-ring (bicyclic) bond motifs is 1. The van der Waals surface area contributed by atoms with Gasteiger partial charge >= 0.3 is 0 Å². The van der Waals surface area contributed by atoms with E-state index in [2.05, 4.69) is 5.32 Å². The van der Waals surface area contributed by atoms with Crippen LogP contribution >= 0.6 is 0 Å². The molecule has 0 aliphatic carbocycles. The van der Waals surface area contributed by atoms with Crippen molar-refractivity contribution >= 4 is 11.6 Å². The summed E-state index contributed by atoms with van der Waals surface area (Å²) in [5, 5.41) is 3.37. The van der Waals surface area contributed by atoms with Crippen LogP contribution in [0.4, 0.5) is 10.1 Å². The summed E-state index contributed by atoms with van der Waals surface area (Å²) < 4.78 is 19.1. The van der Waals surface area contributed by atoms with Gasteiger partial charge in [-0.3, -0.25) is 4.79 Å². The summed E-state index contributed by atoms with van der Waals surface area (Å²) in [4.78, 5) is 14.5. The second kappa shape index (κ2) is 6.09. The fourth-order valence-electron chi connectivity index (χ4n) is 3.11. The van der Waals surface area contributed by atoms with Gasteiger partial charge < -0.3 is 14.6 Å². The molecule has 0 saturated heterocycles. The highest BCUT2D eigenvalue weighted by Gasteiger charge is 2.33. The van der Waals surface area contributed by atoms with E-state index < -0.39 is 0 Å². The monoisotopic (exact) mass is 336 g/mol. The number of carbonyl (C=O) groups is 1. The Kier molecular flexibility index (Phi) is 3.76. The molecule has 1 aliphatic heterocycles. The van der Waals surface area contributed by atoms with Crippen molar-refractivity contribution in [3.05, 3.63) is 77.8 Å². The van der Waals surface area contributed by atoms with Crippen LogP contribution in [0.15, 0.2) is 65.1 Å². The highest BCUT2D eigenvalue weighted by molar-refractivity contribution is 6.01. The smallest absolute Gasteiger partial charge is 0.257 e. The summed E-state index contributed by atoms with van der Waals surface area (Å²) in [6.45, 7) is 2.49. The van der Waals surface area contributed by atoms with Gasteiger partial charge in [0.05, 0.1) is 5.56 Å². The molecule has 1 aliphatic rings. The molecule has 4 rings (SSSR count). The molecule has 2 heterocycles. The lowest BCUT2D eigenvalue weighted by Crippen LogP contribution is -2.42. The van der Waals surface area contributed by atoms with Gasteiger partial charge in [0.1, 0.15) is 17.3 Å². The molecule has 1 N–H and O–H groups in total. The fraction of sp³-hybridized carbons (Fsp3) is 0.150. The molecule has 1 atom stereocenters. The molecule has 0 saturated carbocycles. The number of amides is 1. The van der Waals surface area contributed by atoms with Crippen LogP contribution in [-0.4, -0.2) is 17.4 Å². The average molecular weight is 336 g/mol. The van der Waals surface area contributed by atoms with Crippen molar-refractivity contribution in [2.24, 2.45) is 0 Å². The Morgan fingerprint density at radius 1 is 1.08 bits per heavy atom. The van der Waals surface area contributed by atoms with Gasteiger partial charge in [0.15, 0.2) is 6.17 Å². The Balaban J connectivity index is 1.69. The zero-order valence-corrected chi connectivity index (χ0v) is 13.7. The van der Waals surface area contributed by atoms with Crippen molar-refractivity contribution in [2.45, 2.75) is 13.1 Å². The van der Waals surface area contributed by atoms with E-state index in [4.69, 9.17) is 4.42 Å². The largest absolute Gasteiger partial charge is 0.457 e. The van der Waals surface area contributed by atoms with Crippen LogP contribution in [0.3, 0.4) is 0 Å². The van der Waals surface area contributed by atoms with Crippen LogP contribution in [0, 0.1) is 5.82 Å². The normalized spacial score (nSPS) is 16.5. The third kappa shape index (κ3) is 2.67. The number of halogens is 1. The zero-order chi connectivity index (χ0) is 17.4. The number of rotatable bonds is 3. The molecule has 1 amide bonds. The molecule has 3 aromatic rings. The first-order valence-electron chi connectivity index (χ1n) is 8.19. The van der Waals surface area contributed by atoms with E-state index in [-0.39, 0.29) is 17.9 Å². The number of hydrogen-bond acceptors (Lipinski definition) is 3. The van der Waals surface area contributed by atoms with E-state index >= 15 is 0 Å². The van der Waals surface area contributed by atoms with Crippen LogP contribution in [0.5, 0.6) is 0 Å². The van der Waals surface area contributed by atoms with Gasteiger partial charge in [-0.2, -0.15) is 0 Å². The standard InChI is InChI=1S/C20H17FN2O2/c1-2-23-19(22-16-6-4-3-5-15(16)20(23)24)18-12-11-17(25-18)13-7-9-14(21)10-8-13/h3-12,19,22H,2H2,1H3/t19-/m1/s1. The maximum absolute atomic E-state index is 13.1. The SMILES string of the molecule is CCN1C(=O)c2ccccc2N[C@H]1c1ccc(-c2ccc(F)cc2)o1. The lowest BCUT2D eigenvalue weighted by Gasteiger charge is -2.36. The van der Waals surface area contributed by atoms with Crippen molar-refractivity contribution in [3.8, 4) is 11.3 Å². The Morgan fingerprint density at radius 2 is 1.84 bits per heavy atom. The van der Waals surface area contributed by atoms with Crippen molar-refractivity contribution in [3.63, 3.8) is 0 Å². The first-order chi connectivity index (χ1) is 12.2. The minimum Gasteiger partial charge on any atom is -0.457 e. The highest BCUT2D eigenvalue weighted by Crippen LogP contribution is 2.35. The number of benzene rings is 2. The molecule has 0 radical (unpaired) electrons. The van der Waals surface area contributed by atoms with Gasteiger partial charge in [-0.1, -0.05) is 12.1 Å². The second-order valence-corrected chi connectivity index (χ2v) is 5.89. The van der Waals surface area contributed by atoms with Crippen LogP contribution in [0.2, 0.25) is 0 Å². The minimum absolute atomic E-state index is 0.0263. The molecular formula is C20H17FN2O2. The van der Waals surface area contributed by atoms with Gasteiger partial charge in [0.25, 0.3) is 5.91 Å². The van der Waals surface area contributed by atoms with Gasteiger partial charge in [0, 0.05) is 17.8 Å². The molecule has 0 bridgehead atoms. The molecule has 4 nitrogen and oxygen atoms in total. The number of para-hydroxylation sites is 1. The maximum atomic E-state index is 13.1. The van der Waals surface area contributed by atoms with Crippen molar-refractivity contribution in [1.82, 2.24) is 4.90 Å².